The van der Waals surface area contributed by atoms with Crippen molar-refractivity contribution in [3.8, 4) is 0 Å². The minimum Gasteiger partial charge on any atom is -0.480 e. The van der Waals surface area contributed by atoms with Gasteiger partial charge in [0, 0.05) is 43.5 Å². The van der Waals surface area contributed by atoms with Crippen LogP contribution in [-0.2, 0) is 11.3 Å². The van der Waals surface area contributed by atoms with Crippen molar-refractivity contribution in [1.29, 1.82) is 0 Å². The lowest BCUT2D eigenvalue weighted by Gasteiger charge is -2.21. The van der Waals surface area contributed by atoms with Crippen molar-refractivity contribution in [1.82, 2.24) is 14.9 Å². The highest BCUT2D eigenvalue weighted by Crippen LogP contribution is 2.30. The second kappa shape index (κ2) is 6.30. The van der Waals surface area contributed by atoms with Crippen LogP contribution in [0.2, 0.25) is 0 Å². The lowest BCUT2D eigenvalue weighted by atomic mass is 9.89. The first-order valence-corrected chi connectivity index (χ1v) is 8.12. The van der Waals surface area contributed by atoms with Crippen LogP contribution < -0.4 is 5.73 Å². The number of aromatic nitrogens is 2. The molecule has 6 nitrogen and oxygen atoms in total. The largest absolute Gasteiger partial charge is 0.480 e. The molecule has 1 saturated heterocycles. The summed E-state index contributed by atoms with van der Waals surface area (Å²) in [4.78, 5) is 22.3. The molecule has 1 aromatic rings. The smallest absolute Gasteiger partial charge is 0.325 e. The van der Waals surface area contributed by atoms with E-state index in [2.05, 4.69) is 14.9 Å². The van der Waals surface area contributed by atoms with Gasteiger partial charge >= 0.3 is 5.97 Å². The molecule has 0 aromatic carbocycles. The predicted octanol–water partition coefficient (Wildman–Crippen LogP) is 1.51. The molecule has 1 unspecified atom stereocenters. The fourth-order valence-electron chi connectivity index (χ4n) is 3.50. The van der Waals surface area contributed by atoms with E-state index in [1.165, 1.54) is 32.1 Å². The maximum absolute atomic E-state index is 11.2. The van der Waals surface area contributed by atoms with Gasteiger partial charge in [0.15, 0.2) is 0 Å². The van der Waals surface area contributed by atoms with Crippen LogP contribution >= 0.6 is 0 Å². The molecule has 1 aliphatic heterocycles. The van der Waals surface area contributed by atoms with Crippen molar-refractivity contribution in [3.63, 3.8) is 0 Å². The van der Waals surface area contributed by atoms with Gasteiger partial charge in [0.1, 0.15) is 11.4 Å². The maximum Gasteiger partial charge on any atom is 0.325 e. The highest BCUT2D eigenvalue weighted by atomic mass is 16.4. The molecule has 6 heteroatoms. The Morgan fingerprint density at radius 1 is 1.32 bits per heavy atom. The number of carboxylic acid groups (broad SMARTS) is 1. The molecule has 2 aliphatic rings. The van der Waals surface area contributed by atoms with E-state index in [-0.39, 0.29) is 0 Å². The molecule has 0 radical (unpaired) electrons. The van der Waals surface area contributed by atoms with Gasteiger partial charge in [0.2, 0.25) is 0 Å². The van der Waals surface area contributed by atoms with Gasteiger partial charge in [0.05, 0.1) is 0 Å². The first-order valence-electron chi connectivity index (χ1n) is 8.12. The number of carboxylic acids is 1. The Morgan fingerprint density at radius 3 is 2.59 bits per heavy atom. The normalized spacial score (nSPS) is 27.1. The highest BCUT2D eigenvalue weighted by Gasteiger charge is 2.41. The lowest BCUT2D eigenvalue weighted by molar-refractivity contribution is -0.142. The number of hydrogen-bond donors (Lipinski definition) is 2. The Morgan fingerprint density at radius 2 is 2.00 bits per heavy atom. The fraction of sp³-hybridized carbons (Fsp3) is 0.688. The number of likely N-dealkylation sites (tertiary alicyclic amines) is 1. The van der Waals surface area contributed by atoms with Crippen LogP contribution in [-0.4, -0.2) is 44.6 Å². The van der Waals surface area contributed by atoms with Gasteiger partial charge < -0.3 is 10.8 Å². The number of carbonyl (C=O) groups is 1. The second-order valence-corrected chi connectivity index (χ2v) is 6.71. The van der Waals surface area contributed by atoms with E-state index in [0.29, 0.717) is 32.0 Å². The molecular weight excluding hydrogens is 280 g/mol. The lowest BCUT2D eigenvalue weighted by Crippen LogP contribution is -2.50. The molecular formula is C16H24N4O2. The maximum atomic E-state index is 11.2. The summed E-state index contributed by atoms with van der Waals surface area (Å²) < 4.78 is 0. The van der Waals surface area contributed by atoms with Gasteiger partial charge in [-0.3, -0.25) is 9.69 Å². The van der Waals surface area contributed by atoms with Gasteiger partial charge in [0.25, 0.3) is 0 Å². The van der Waals surface area contributed by atoms with Crippen molar-refractivity contribution in [3.05, 3.63) is 23.8 Å². The van der Waals surface area contributed by atoms with Crippen LogP contribution in [0.5, 0.6) is 0 Å². The van der Waals surface area contributed by atoms with Crippen molar-refractivity contribution in [2.24, 2.45) is 5.73 Å². The topological polar surface area (TPSA) is 92.3 Å². The zero-order chi connectivity index (χ0) is 15.6. The van der Waals surface area contributed by atoms with Crippen molar-refractivity contribution in [2.75, 3.05) is 13.1 Å². The average molecular weight is 304 g/mol. The Kier molecular flexibility index (Phi) is 4.40. The number of rotatable bonds is 4. The molecule has 1 atom stereocenters. The quantitative estimate of drug-likeness (QED) is 0.876. The number of nitrogens with two attached hydrogens (primary N) is 1. The Bertz CT molecular complexity index is 527. The van der Waals surface area contributed by atoms with Gasteiger partial charge in [-0.15, -0.1) is 0 Å². The van der Waals surface area contributed by atoms with Crippen molar-refractivity contribution >= 4 is 5.97 Å². The highest BCUT2D eigenvalue weighted by molar-refractivity contribution is 5.79. The van der Waals surface area contributed by atoms with Crippen LogP contribution in [0.1, 0.15) is 55.8 Å². The minimum atomic E-state index is -1.11. The zero-order valence-corrected chi connectivity index (χ0v) is 12.9. The molecule has 22 heavy (non-hydrogen) atoms. The molecule has 1 saturated carbocycles. The summed E-state index contributed by atoms with van der Waals surface area (Å²) in [5, 5.41) is 9.16. The van der Waals surface area contributed by atoms with Gasteiger partial charge in [-0.25, -0.2) is 9.97 Å². The molecule has 1 aromatic heterocycles. The Balaban J connectivity index is 1.59. The van der Waals surface area contributed by atoms with Crippen molar-refractivity contribution in [2.45, 2.75) is 56.5 Å². The Labute approximate surface area is 130 Å². The SMILES string of the molecule is NC1(C(=O)O)CCN(Cc2cnc(C3CCCCC3)nc2)C1. The monoisotopic (exact) mass is 304 g/mol. The van der Waals surface area contributed by atoms with Crippen LogP contribution in [0.4, 0.5) is 0 Å². The van der Waals surface area contributed by atoms with E-state index in [9.17, 15) is 4.79 Å². The van der Waals surface area contributed by atoms with Crippen LogP contribution in [0.15, 0.2) is 12.4 Å². The average Bonchev–Trinajstić information content (AvgIpc) is 2.92. The van der Waals surface area contributed by atoms with E-state index in [1.54, 1.807) is 0 Å². The molecule has 0 bridgehead atoms. The van der Waals surface area contributed by atoms with Gasteiger partial charge in [-0.2, -0.15) is 0 Å². The molecule has 2 fully saturated rings. The number of aliphatic carboxylic acids is 1. The van der Waals surface area contributed by atoms with E-state index >= 15 is 0 Å². The molecule has 2 heterocycles. The van der Waals surface area contributed by atoms with E-state index < -0.39 is 11.5 Å². The fourth-order valence-corrected chi connectivity index (χ4v) is 3.50. The van der Waals surface area contributed by atoms with Crippen LogP contribution in [0.25, 0.3) is 0 Å². The van der Waals surface area contributed by atoms with Crippen LogP contribution in [0, 0.1) is 0 Å². The molecule has 1 aliphatic carbocycles. The standard InChI is InChI=1S/C16H24N4O2/c17-16(15(21)22)6-7-20(11-16)10-12-8-18-14(19-9-12)13-4-2-1-3-5-13/h8-9,13H,1-7,10-11,17H2,(H,21,22). The third-order valence-electron chi connectivity index (χ3n) is 4.91. The second-order valence-electron chi connectivity index (χ2n) is 6.71. The molecule has 120 valence electrons. The van der Waals surface area contributed by atoms with E-state index in [1.807, 2.05) is 12.4 Å². The molecule has 3 rings (SSSR count). The number of hydrogen-bond acceptors (Lipinski definition) is 5. The summed E-state index contributed by atoms with van der Waals surface area (Å²) in [6, 6.07) is 0. The summed E-state index contributed by atoms with van der Waals surface area (Å²) in [7, 11) is 0. The van der Waals surface area contributed by atoms with E-state index in [0.717, 1.165) is 11.4 Å². The first-order chi connectivity index (χ1) is 10.6. The third kappa shape index (κ3) is 3.28. The summed E-state index contributed by atoms with van der Waals surface area (Å²) >= 11 is 0. The first kappa shape index (κ1) is 15.4. The Hall–Kier alpha value is -1.53. The summed E-state index contributed by atoms with van der Waals surface area (Å²) in [5.74, 6) is 0.556. The molecule has 0 spiro atoms. The predicted molar refractivity (Wildman–Crippen MR) is 82.3 cm³/mol. The zero-order valence-electron chi connectivity index (χ0n) is 12.9. The third-order valence-corrected chi connectivity index (χ3v) is 4.91. The van der Waals surface area contributed by atoms with Crippen molar-refractivity contribution < 1.29 is 9.90 Å². The number of nitrogens with zero attached hydrogens (tertiary/aromatic N) is 3. The summed E-state index contributed by atoms with van der Waals surface area (Å²) in [5.41, 5.74) is 5.81. The van der Waals surface area contributed by atoms with Gasteiger partial charge in [-0.1, -0.05) is 19.3 Å². The van der Waals surface area contributed by atoms with E-state index in [4.69, 9.17) is 10.8 Å². The van der Waals surface area contributed by atoms with Crippen LogP contribution in [0.3, 0.4) is 0 Å². The summed E-state index contributed by atoms with van der Waals surface area (Å²) in [6.07, 6.45) is 10.5. The molecule has 3 N–H and O–H groups in total. The summed E-state index contributed by atoms with van der Waals surface area (Å²) in [6.45, 7) is 1.75. The molecule has 0 amide bonds. The van der Waals surface area contributed by atoms with Gasteiger partial charge in [-0.05, 0) is 19.3 Å². The minimum absolute atomic E-state index is 0.382.